The Balaban J connectivity index is 1.26. The number of likely N-dealkylation sites (tertiary alicyclic amines) is 2. The van der Waals surface area contributed by atoms with Crippen LogP contribution in [0.25, 0.3) is 0 Å². The van der Waals surface area contributed by atoms with Gasteiger partial charge in [-0.15, -0.1) is 0 Å². The molecule has 162 valence electrons. The fraction of sp³-hybridized carbons (Fsp3) is 0.591. The quantitative estimate of drug-likeness (QED) is 0.748. The van der Waals surface area contributed by atoms with Crippen LogP contribution >= 0.6 is 0 Å². The molecule has 0 radical (unpaired) electrons. The lowest BCUT2D eigenvalue weighted by Crippen LogP contribution is -2.53. The van der Waals surface area contributed by atoms with Crippen molar-refractivity contribution in [3.05, 3.63) is 35.6 Å². The number of hydrogen-bond acceptors (Lipinski definition) is 4. The number of benzene rings is 1. The topological polar surface area (TPSA) is 70.2 Å². The maximum Gasteiger partial charge on any atom is 0.256 e. The Bertz CT molecular complexity index is 801. The summed E-state index contributed by atoms with van der Waals surface area (Å²) in [6.07, 6.45) is 2.78. The summed E-state index contributed by atoms with van der Waals surface area (Å²) in [5.41, 5.74) is 0.0852. The number of carbonyl (C=O) groups is 3. The van der Waals surface area contributed by atoms with E-state index in [9.17, 15) is 18.8 Å². The van der Waals surface area contributed by atoms with Gasteiger partial charge in [-0.3, -0.25) is 14.4 Å². The molecule has 0 N–H and O–H groups in total. The van der Waals surface area contributed by atoms with Crippen LogP contribution in [-0.2, 0) is 14.3 Å². The van der Waals surface area contributed by atoms with Gasteiger partial charge in [0.05, 0.1) is 12.2 Å². The van der Waals surface area contributed by atoms with Crippen molar-refractivity contribution in [3.8, 4) is 0 Å². The van der Waals surface area contributed by atoms with Crippen molar-refractivity contribution in [1.29, 1.82) is 0 Å². The van der Waals surface area contributed by atoms with Crippen molar-refractivity contribution in [3.63, 3.8) is 0 Å². The summed E-state index contributed by atoms with van der Waals surface area (Å²) in [7, 11) is 0. The second kappa shape index (κ2) is 9.12. The number of ether oxygens (including phenoxy) is 1. The van der Waals surface area contributed by atoms with Gasteiger partial charge in [0, 0.05) is 44.7 Å². The maximum atomic E-state index is 13.9. The van der Waals surface area contributed by atoms with Gasteiger partial charge in [0.15, 0.2) is 0 Å². The third kappa shape index (κ3) is 4.33. The normalized spacial score (nSPS) is 21.8. The van der Waals surface area contributed by atoms with Gasteiger partial charge in [-0.25, -0.2) is 4.39 Å². The largest absolute Gasteiger partial charge is 0.370 e. The highest BCUT2D eigenvalue weighted by Gasteiger charge is 2.35. The molecule has 8 heteroatoms. The number of halogens is 1. The van der Waals surface area contributed by atoms with Crippen molar-refractivity contribution in [1.82, 2.24) is 14.7 Å². The summed E-state index contributed by atoms with van der Waals surface area (Å²) < 4.78 is 19.1. The highest BCUT2D eigenvalue weighted by molar-refractivity contribution is 5.94. The molecule has 0 bridgehead atoms. The molecule has 7 nitrogen and oxygen atoms in total. The van der Waals surface area contributed by atoms with Gasteiger partial charge in [-0.2, -0.15) is 0 Å². The molecule has 3 amide bonds. The molecule has 1 aromatic rings. The molecule has 0 unspecified atom stereocenters. The molecule has 30 heavy (non-hydrogen) atoms. The van der Waals surface area contributed by atoms with E-state index in [2.05, 4.69) is 0 Å². The molecule has 0 saturated carbocycles. The fourth-order valence-corrected chi connectivity index (χ4v) is 4.71. The maximum absolute atomic E-state index is 13.9. The van der Waals surface area contributed by atoms with Gasteiger partial charge in [-0.05, 0) is 37.8 Å². The highest BCUT2D eigenvalue weighted by Crippen LogP contribution is 2.25. The zero-order chi connectivity index (χ0) is 21.1. The summed E-state index contributed by atoms with van der Waals surface area (Å²) >= 11 is 0. The lowest BCUT2D eigenvalue weighted by molar-refractivity contribution is -0.148. The van der Waals surface area contributed by atoms with E-state index in [1.807, 2.05) is 9.80 Å². The van der Waals surface area contributed by atoms with Crippen LogP contribution in [0.15, 0.2) is 24.3 Å². The number of nitrogens with zero attached hydrogens (tertiary/aromatic N) is 3. The average molecular weight is 417 g/mol. The van der Waals surface area contributed by atoms with Gasteiger partial charge in [0.25, 0.3) is 5.91 Å². The van der Waals surface area contributed by atoms with E-state index in [1.165, 1.54) is 12.1 Å². The smallest absolute Gasteiger partial charge is 0.256 e. The molecule has 0 aromatic heterocycles. The highest BCUT2D eigenvalue weighted by atomic mass is 19.1. The van der Waals surface area contributed by atoms with Crippen LogP contribution in [0.4, 0.5) is 4.39 Å². The molecule has 0 aliphatic carbocycles. The summed E-state index contributed by atoms with van der Waals surface area (Å²) in [5, 5.41) is 0. The molecule has 3 aliphatic rings. The van der Waals surface area contributed by atoms with E-state index >= 15 is 0 Å². The number of morpholine rings is 1. The lowest BCUT2D eigenvalue weighted by atomic mass is 9.93. The van der Waals surface area contributed by atoms with Crippen LogP contribution in [0.1, 0.15) is 36.0 Å². The first kappa shape index (κ1) is 20.8. The molecular formula is C22H28FN3O4. The first-order valence-electron chi connectivity index (χ1n) is 10.7. The number of amides is 3. The molecule has 3 aliphatic heterocycles. The van der Waals surface area contributed by atoms with E-state index in [0.29, 0.717) is 52.2 Å². The standard InChI is InChI=1S/C22H28FN3O4/c23-19-4-2-1-3-18(19)22(29)25-9-5-16(6-10-25)21(28)24-11-7-17(8-12-24)26-13-14-30-15-20(26)27/h1-4,16-17H,5-15H2. The number of piperidine rings is 2. The zero-order valence-corrected chi connectivity index (χ0v) is 17.1. The van der Waals surface area contributed by atoms with E-state index < -0.39 is 5.82 Å². The van der Waals surface area contributed by atoms with E-state index in [4.69, 9.17) is 4.74 Å². The molecule has 3 saturated heterocycles. The second-order valence-corrected chi connectivity index (χ2v) is 8.24. The SMILES string of the molecule is O=C(c1ccccc1F)N1CCC(C(=O)N2CCC(N3CCOCC3=O)CC2)CC1. The molecule has 3 heterocycles. The van der Waals surface area contributed by atoms with Gasteiger partial charge in [0.1, 0.15) is 12.4 Å². The van der Waals surface area contributed by atoms with Gasteiger partial charge >= 0.3 is 0 Å². The Hall–Kier alpha value is -2.48. The molecule has 1 aromatic carbocycles. The third-order valence-electron chi connectivity index (χ3n) is 6.48. The molecule has 3 fully saturated rings. The van der Waals surface area contributed by atoms with Crippen LogP contribution in [0.3, 0.4) is 0 Å². The van der Waals surface area contributed by atoms with Gasteiger partial charge < -0.3 is 19.4 Å². The van der Waals surface area contributed by atoms with Gasteiger partial charge in [-0.1, -0.05) is 12.1 Å². The van der Waals surface area contributed by atoms with E-state index in [0.717, 1.165) is 12.8 Å². The lowest BCUT2D eigenvalue weighted by Gasteiger charge is -2.41. The number of carbonyl (C=O) groups excluding carboxylic acids is 3. The summed E-state index contributed by atoms with van der Waals surface area (Å²) in [4.78, 5) is 43.0. The fourth-order valence-electron chi connectivity index (χ4n) is 4.71. The first-order valence-corrected chi connectivity index (χ1v) is 10.7. The van der Waals surface area contributed by atoms with Crippen molar-refractivity contribution < 1.29 is 23.5 Å². The second-order valence-electron chi connectivity index (χ2n) is 8.24. The van der Waals surface area contributed by atoms with Crippen LogP contribution in [0.2, 0.25) is 0 Å². The minimum absolute atomic E-state index is 0.0397. The van der Waals surface area contributed by atoms with Gasteiger partial charge in [0.2, 0.25) is 11.8 Å². The Morgan fingerprint density at radius 1 is 0.933 bits per heavy atom. The molecule has 4 rings (SSSR count). The third-order valence-corrected chi connectivity index (χ3v) is 6.48. The van der Waals surface area contributed by atoms with Crippen LogP contribution < -0.4 is 0 Å². The van der Waals surface area contributed by atoms with Crippen LogP contribution in [0, 0.1) is 11.7 Å². The number of hydrogen-bond donors (Lipinski definition) is 0. The Morgan fingerprint density at radius 2 is 1.60 bits per heavy atom. The van der Waals surface area contributed by atoms with E-state index in [-0.39, 0.29) is 41.9 Å². The van der Waals surface area contributed by atoms with E-state index in [1.54, 1.807) is 17.0 Å². The first-order chi connectivity index (χ1) is 14.5. The minimum Gasteiger partial charge on any atom is -0.370 e. The summed E-state index contributed by atoms with van der Waals surface area (Å²) in [6.45, 7) is 3.60. The Morgan fingerprint density at radius 3 is 2.27 bits per heavy atom. The Kier molecular flexibility index (Phi) is 6.32. The summed E-state index contributed by atoms with van der Waals surface area (Å²) in [6, 6.07) is 6.19. The van der Waals surface area contributed by atoms with Crippen molar-refractivity contribution in [2.75, 3.05) is 45.9 Å². The van der Waals surface area contributed by atoms with Crippen LogP contribution in [-0.4, -0.2) is 84.4 Å². The predicted octanol–water partition coefficient (Wildman–Crippen LogP) is 1.53. The average Bonchev–Trinajstić information content (AvgIpc) is 2.79. The summed E-state index contributed by atoms with van der Waals surface area (Å²) in [5.74, 6) is -0.744. The van der Waals surface area contributed by atoms with Crippen molar-refractivity contribution >= 4 is 17.7 Å². The van der Waals surface area contributed by atoms with Crippen LogP contribution in [0.5, 0.6) is 0 Å². The monoisotopic (exact) mass is 417 g/mol. The predicted molar refractivity (Wildman–Crippen MR) is 107 cm³/mol. The Labute approximate surface area is 175 Å². The minimum atomic E-state index is -0.512. The molecule has 0 atom stereocenters. The molecular weight excluding hydrogens is 389 g/mol. The van der Waals surface area contributed by atoms with Crippen molar-refractivity contribution in [2.24, 2.45) is 5.92 Å². The zero-order valence-electron chi connectivity index (χ0n) is 17.1. The number of rotatable bonds is 3. The molecule has 0 spiro atoms. The van der Waals surface area contributed by atoms with Crippen molar-refractivity contribution in [2.45, 2.75) is 31.7 Å².